The van der Waals surface area contributed by atoms with Crippen LogP contribution in [0.1, 0.15) is 52.4 Å². The minimum absolute atomic E-state index is 0.986. The molecule has 0 spiro atoms. The molecule has 0 bridgehead atoms. The van der Waals surface area contributed by atoms with Gasteiger partial charge in [0.2, 0.25) is 0 Å². The van der Waals surface area contributed by atoms with Crippen molar-refractivity contribution in [2.24, 2.45) is 11.8 Å². The molecule has 1 rings (SSSR count). The summed E-state index contributed by atoms with van der Waals surface area (Å²) in [6, 6.07) is 0. The zero-order chi connectivity index (χ0) is 7.40. The molecular formula is C10H20. The molecule has 1 aliphatic rings. The first-order valence-electron chi connectivity index (χ1n) is 4.80. The lowest BCUT2D eigenvalue weighted by atomic mass is 9.84. The van der Waals surface area contributed by atoms with Crippen molar-refractivity contribution in [3.05, 3.63) is 0 Å². The molecule has 10 heavy (non-hydrogen) atoms. The third-order valence-corrected chi connectivity index (χ3v) is 3.04. The van der Waals surface area contributed by atoms with Crippen LogP contribution < -0.4 is 0 Å². The fraction of sp³-hybridized carbons (Fsp3) is 1.00. The zero-order valence-electron chi connectivity index (χ0n) is 7.40. The minimum Gasteiger partial charge on any atom is -0.0623 e. The van der Waals surface area contributed by atoms with E-state index in [0.29, 0.717) is 0 Å². The largest absolute Gasteiger partial charge is 0.0623 e. The predicted octanol–water partition coefficient (Wildman–Crippen LogP) is 3.61. The van der Waals surface area contributed by atoms with Crippen molar-refractivity contribution in [2.75, 3.05) is 0 Å². The van der Waals surface area contributed by atoms with E-state index >= 15 is 0 Å². The quantitative estimate of drug-likeness (QED) is 0.482. The summed E-state index contributed by atoms with van der Waals surface area (Å²) >= 11 is 0. The second kappa shape index (κ2) is 4.00. The molecule has 1 saturated carbocycles. The first-order valence-corrected chi connectivity index (χ1v) is 4.80. The predicted molar refractivity (Wildman–Crippen MR) is 46.0 cm³/mol. The second-order valence-corrected chi connectivity index (χ2v) is 3.95. The van der Waals surface area contributed by atoms with Gasteiger partial charge in [0.25, 0.3) is 0 Å². The van der Waals surface area contributed by atoms with Gasteiger partial charge in [-0.25, -0.2) is 0 Å². The van der Waals surface area contributed by atoms with E-state index in [2.05, 4.69) is 13.8 Å². The molecule has 1 aliphatic carbocycles. The van der Waals surface area contributed by atoms with Crippen LogP contribution in [0.3, 0.4) is 0 Å². The monoisotopic (exact) mass is 140 g/mol. The third-order valence-electron chi connectivity index (χ3n) is 3.04. The Labute approximate surface area is 65.0 Å². The SMILES string of the molecule is C[C@H]1CCCCCC[C@@H]1C. The molecular weight excluding hydrogens is 120 g/mol. The van der Waals surface area contributed by atoms with Gasteiger partial charge in [-0.2, -0.15) is 0 Å². The van der Waals surface area contributed by atoms with Gasteiger partial charge in [0.15, 0.2) is 0 Å². The Morgan fingerprint density at radius 1 is 0.700 bits per heavy atom. The molecule has 0 amide bonds. The Morgan fingerprint density at radius 3 is 1.50 bits per heavy atom. The normalized spacial score (nSPS) is 36.6. The van der Waals surface area contributed by atoms with Gasteiger partial charge in [0.05, 0.1) is 0 Å². The van der Waals surface area contributed by atoms with Gasteiger partial charge in [-0.15, -0.1) is 0 Å². The number of hydrogen-bond acceptors (Lipinski definition) is 0. The van der Waals surface area contributed by atoms with E-state index in [-0.39, 0.29) is 0 Å². The molecule has 0 aliphatic heterocycles. The standard InChI is InChI=1S/C10H20/c1-9-7-5-3-4-6-8-10(9)2/h9-10H,3-8H2,1-2H3/t9-,10-/m0/s1. The summed E-state index contributed by atoms with van der Waals surface area (Å²) in [5.41, 5.74) is 0. The molecule has 0 saturated heterocycles. The maximum Gasteiger partial charge on any atom is -0.0417 e. The van der Waals surface area contributed by atoms with Crippen LogP contribution in [0.2, 0.25) is 0 Å². The van der Waals surface area contributed by atoms with Crippen LogP contribution in [0, 0.1) is 11.8 Å². The van der Waals surface area contributed by atoms with Crippen molar-refractivity contribution in [1.29, 1.82) is 0 Å². The van der Waals surface area contributed by atoms with Crippen LogP contribution in [0.5, 0.6) is 0 Å². The summed E-state index contributed by atoms with van der Waals surface area (Å²) in [4.78, 5) is 0. The number of hydrogen-bond donors (Lipinski definition) is 0. The molecule has 0 aromatic rings. The molecule has 0 nitrogen and oxygen atoms in total. The highest BCUT2D eigenvalue weighted by atomic mass is 14.2. The highest BCUT2D eigenvalue weighted by Gasteiger charge is 2.13. The average Bonchev–Trinajstić information content (AvgIpc) is 1.92. The van der Waals surface area contributed by atoms with Crippen molar-refractivity contribution in [3.8, 4) is 0 Å². The fourth-order valence-electron chi connectivity index (χ4n) is 1.86. The highest BCUT2D eigenvalue weighted by molar-refractivity contribution is 4.65. The third kappa shape index (κ3) is 2.32. The van der Waals surface area contributed by atoms with Crippen molar-refractivity contribution in [1.82, 2.24) is 0 Å². The van der Waals surface area contributed by atoms with Crippen molar-refractivity contribution in [2.45, 2.75) is 52.4 Å². The van der Waals surface area contributed by atoms with E-state index < -0.39 is 0 Å². The van der Waals surface area contributed by atoms with E-state index in [4.69, 9.17) is 0 Å². The molecule has 0 radical (unpaired) electrons. The molecule has 0 aromatic heterocycles. The van der Waals surface area contributed by atoms with E-state index in [1.807, 2.05) is 0 Å². The lowest BCUT2D eigenvalue weighted by molar-refractivity contribution is 0.301. The highest BCUT2D eigenvalue weighted by Crippen LogP contribution is 2.26. The summed E-state index contributed by atoms with van der Waals surface area (Å²) in [6.07, 6.45) is 8.87. The van der Waals surface area contributed by atoms with Crippen LogP contribution in [0.15, 0.2) is 0 Å². The minimum atomic E-state index is 0.986. The summed E-state index contributed by atoms with van der Waals surface area (Å²) in [5, 5.41) is 0. The molecule has 0 heterocycles. The molecule has 0 heteroatoms. The molecule has 0 N–H and O–H groups in total. The Bertz CT molecular complexity index is 74.0. The van der Waals surface area contributed by atoms with Crippen molar-refractivity contribution in [3.63, 3.8) is 0 Å². The lowest BCUT2D eigenvalue weighted by Crippen LogP contribution is -2.09. The van der Waals surface area contributed by atoms with Gasteiger partial charge >= 0.3 is 0 Å². The van der Waals surface area contributed by atoms with Crippen LogP contribution >= 0.6 is 0 Å². The van der Waals surface area contributed by atoms with Gasteiger partial charge in [0.1, 0.15) is 0 Å². The maximum absolute atomic E-state index is 2.41. The first kappa shape index (κ1) is 8.10. The summed E-state index contributed by atoms with van der Waals surface area (Å²) < 4.78 is 0. The topological polar surface area (TPSA) is 0 Å². The van der Waals surface area contributed by atoms with Crippen molar-refractivity contribution >= 4 is 0 Å². The Kier molecular flexibility index (Phi) is 3.24. The van der Waals surface area contributed by atoms with Crippen LogP contribution in [0.25, 0.3) is 0 Å². The van der Waals surface area contributed by atoms with Crippen molar-refractivity contribution < 1.29 is 0 Å². The van der Waals surface area contributed by atoms with Gasteiger partial charge in [-0.1, -0.05) is 52.4 Å². The van der Waals surface area contributed by atoms with E-state index in [1.165, 1.54) is 38.5 Å². The smallest absolute Gasteiger partial charge is 0.0417 e. The Balaban J connectivity index is 2.28. The lowest BCUT2D eigenvalue weighted by Gasteiger charge is -2.22. The molecule has 1 fully saturated rings. The number of rotatable bonds is 0. The second-order valence-electron chi connectivity index (χ2n) is 3.95. The average molecular weight is 140 g/mol. The van der Waals surface area contributed by atoms with E-state index in [9.17, 15) is 0 Å². The molecule has 2 atom stereocenters. The van der Waals surface area contributed by atoms with Gasteiger partial charge in [0, 0.05) is 0 Å². The van der Waals surface area contributed by atoms with E-state index in [1.54, 1.807) is 0 Å². The van der Waals surface area contributed by atoms with Gasteiger partial charge in [-0.3, -0.25) is 0 Å². The van der Waals surface area contributed by atoms with Gasteiger partial charge < -0.3 is 0 Å². The zero-order valence-corrected chi connectivity index (χ0v) is 7.40. The van der Waals surface area contributed by atoms with Gasteiger partial charge in [-0.05, 0) is 11.8 Å². The Hall–Kier alpha value is 0. The molecule has 0 aromatic carbocycles. The summed E-state index contributed by atoms with van der Waals surface area (Å²) in [6.45, 7) is 4.83. The summed E-state index contributed by atoms with van der Waals surface area (Å²) in [7, 11) is 0. The summed E-state index contributed by atoms with van der Waals surface area (Å²) in [5.74, 6) is 1.97. The first-order chi connectivity index (χ1) is 4.80. The maximum atomic E-state index is 2.41. The van der Waals surface area contributed by atoms with E-state index in [0.717, 1.165) is 11.8 Å². The van der Waals surface area contributed by atoms with Crippen LogP contribution in [-0.2, 0) is 0 Å². The Morgan fingerprint density at radius 2 is 1.10 bits per heavy atom. The van der Waals surface area contributed by atoms with Crippen LogP contribution in [0.4, 0.5) is 0 Å². The van der Waals surface area contributed by atoms with Crippen LogP contribution in [-0.4, -0.2) is 0 Å². The fourth-order valence-corrected chi connectivity index (χ4v) is 1.86. The molecule has 60 valence electrons. The molecule has 0 unspecified atom stereocenters.